The molecule has 0 saturated heterocycles. The van der Waals surface area contributed by atoms with Crippen LogP contribution in [0.1, 0.15) is 32.4 Å². The molecule has 3 heterocycles. The van der Waals surface area contributed by atoms with E-state index in [1.165, 1.54) is 30.1 Å². The number of halogens is 3. The van der Waals surface area contributed by atoms with Crippen molar-refractivity contribution in [3.8, 4) is 16.8 Å². The van der Waals surface area contributed by atoms with Crippen LogP contribution in [0.2, 0.25) is 0 Å². The molecule has 1 aliphatic rings. The van der Waals surface area contributed by atoms with Crippen LogP contribution < -0.4 is 5.32 Å². The molecule has 4 aromatic rings. The highest BCUT2D eigenvalue weighted by molar-refractivity contribution is 7.97. The van der Waals surface area contributed by atoms with Crippen molar-refractivity contribution in [3.63, 3.8) is 0 Å². The van der Waals surface area contributed by atoms with Crippen LogP contribution in [-0.4, -0.2) is 24.5 Å². The van der Waals surface area contributed by atoms with Crippen LogP contribution >= 0.6 is 11.9 Å². The molecule has 0 radical (unpaired) electrons. The van der Waals surface area contributed by atoms with Gasteiger partial charge in [-0.1, -0.05) is 6.92 Å². The average molecular weight is 443 g/mol. The number of hydrogen-bond acceptors (Lipinski definition) is 4. The zero-order valence-corrected chi connectivity index (χ0v) is 18.2. The van der Waals surface area contributed by atoms with E-state index in [0.29, 0.717) is 28.2 Å². The molecule has 5 nitrogen and oxygen atoms in total. The highest BCUT2D eigenvalue weighted by atomic mass is 32.2. The number of aryl methyl sites for hydroxylation is 1. The van der Waals surface area contributed by atoms with Gasteiger partial charge in [-0.05, 0) is 56.5 Å². The summed E-state index contributed by atoms with van der Waals surface area (Å²) in [5.41, 5.74) is 0.219. The summed E-state index contributed by atoms with van der Waals surface area (Å²) in [4.78, 5) is 0. The van der Waals surface area contributed by atoms with E-state index in [1.54, 1.807) is 23.8 Å². The molecule has 1 N–H and O–H groups in total. The Morgan fingerprint density at radius 2 is 1.90 bits per heavy atom. The lowest BCUT2D eigenvalue weighted by Gasteiger charge is -2.34. The lowest BCUT2D eigenvalue weighted by Crippen LogP contribution is -2.36. The summed E-state index contributed by atoms with van der Waals surface area (Å²) >= 11 is 1.48. The number of nitrogens with one attached hydrogen (secondary N) is 1. The van der Waals surface area contributed by atoms with Gasteiger partial charge < -0.3 is 5.32 Å². The van der Waals surface area contributed by atoms with Crippen molar-refractivity contribution in [3.05, 3.63) is 59.6 Å². The molecule has 31 heavy (non-hydrogen) atoms. The normalized spacial score (nSPS) is 14.4. The van der Waals surface area contributed by atoms with Crippen molar-refractivity contribution in [1.29, 1.82) is 0 Å². The fourth-order valence-corrected chi connectivity index (χ4v) is 4.95. The van der Waals surface area contributed by atoms with E-state index < -0.39 is 23.0 Å². The summed E-state index contributed by atoms with van der Waals surface area (Å²) in [7, 11) is 0. The van der Waals surface area contributed by atoms with Crippen LogP contribution in [0.4, 0.5) is 18.9 Å². The first-order valence-electron chi connectivity index (χ1n) is 9.90. The Labute approximate surface area is 181 Å². The van der Waals surface area contributed by atoms with E-state index in [-0.39, 0.29) is 16.8 Å². The second kappa shape index (κ2) is 6.78. The van der Waals surface area contributed by atoms with Crippen LogP contribution in [0.15, 0.2) is 30.5 Å². The number of benzene rings is 2. The molecule has 2 aromatic carbocycles. The molecule has 0 amide bonds. The SMILES string of the molecule is CCSn1ccc2c(-c3c(F)cc4c(c3F)-n3c(C)nnc3C(C)(C)N4)cc(F)cc21. The summed E-state index contributed by atoms with van der Waals surface area (Å²) < 4.78 is 49.3. The maximum atomic E-state index is 16.0. The zero-order valence-electron chi connectivity index (χ0n) is 17.4. The Morgan fingerprint density at radius 1 is 1.13 bits per heavy atom. The molecule has 9 heteroatoms. The van der Waals surface area contributed by atoms with Crippen LogP contribution in [0, 0.1) is 24.4 Å². The van der Waals surface area contributed by atoms with Crippen molar-refractivity contribution in [1.82, 2.24) is 18.7 Å². The third kappa shape index (κ3) is 2.86. The van der Waals surface area contributed by atoms with Crippen molar-refractivity contribution >= 4 is 28.5 Å². The van der Waals surface area contributed by atoms with Crippen molar-refractivity contribution in [2.45, 2.75) is 33.2 Å². The Morgan fingerprint density at radius 3 is 2.65 bits per heavy atom. The second-order valence-corrected chi connectivity index (χ2v) is 9.27. The third-order valence-corrected chi connectivity index (χ3v) is 6.38. The van der Waals surface area contributed by atoms with Crippen LogP contribution in [-0.2, 0) is 5.54 Å². The molecule has 0 saturated carbocycles. The lowest BCUT2D eigenvalue weighted by molar-refractivity contribution is 0.517. The minimum absolute atomic E-state index is 0.132. The Balaban J connectivity index is 1.83. The van der Waals surface area contributed by atoms with Crippen molar-refractivity contribution < 1.29 is 13.2 Å². The molecule has 0 aliphatic carbocycles. The molecule has 1 aliphatic heterocycles. The van der Waals surface area contributed by atoms with Gasteiger partial charge in [0, 0.05) is 23.4 Å². The largest absolute Gasteiger partial charge is 0.371 e. The predicted octanol–water partition coefficient (Wildman–Crippen LogP) is 5.79. The summed E-state index contributed by atoms with van der Waals surface area (Å²) in [6.07, 6.45) is 1.78. The number of nitrogens with zero attached hydrogens (tertiary/aromatic N) is 4. The number of hydrogen-bond donors (Lipinski definition) is 1. The van der Waals surface area contributed by atoms with E-state index in [4.69, 9.17) is 0 Å². The lowest BCUT2D eigenvalue weighted by atomic mass is 9.95. The molecular weight excluding hydrogens is 423 g/mol. The average Bonchev–Trinajstić information content (AvgIpc) is 3.26. The molecular formula is C22H20F3N5S. The van der Waals surface area contributed by atoms with E-state index >= 15 is 8.78 Å². The molecule has 0 fully saturated rings. The molecule has 0 spiro atoms. The number of rotatable bonds is 3. The Kier molecular flexibility index (Phi) is 4.37. The van der Waals surface area contributed by atoms with Crippen molar-refractivity contribution in [2.24, 2.45) is 0 Å². The first-order chi connectivity index (χ1) is 14.7. The fraction of sp³-hybridized carbons (Fsp3) is 0.273. The highest BCUT2D eigenvalue weighted by Gasteiger charge is 2.37. The van der Waals surface area contributed by atoms with Gasteiger partial charge in [-0.3, -0.25) is 8.54 Å². The monoisotopic (exact) mass is 443 g/mol. The van der Waals surface area contributed by atoms with Gasteiger partial charge in [0.1, 0.15) is 23.1 Å². The fourth-order valence-electron chi connectivity index (χ4n) is 4.24. The molecule has 5 rings (SSSR count). The maximum absolute atomic E-state index is 16.0. The summed E-state index contributed by atoms with van der Waals surface area (Å²) in [6.45, 7) is 7.42. The standard InChI is InChI=1S/C22H20F3N5S/c1-5-31-29-7-6-13-14(8-12(23)9-17(13)29)18-15(24)10-16-20(19(18)25)30-11(2)27-28-21(30)22(3,4)26-16/h6-10,26H,5H2,1-4H3. The molecule has 0 bridgehead atoms. The van der Waals surface area contributed by atoms with Gasteiger partial charge in [-0.2, -0.15) is 0 Å². The van der Waals surface area contributed by atoms with Gasteiger partial charge in [0.2, 0.25) is 0 Å². The number of aromatic nitrogens is 4. The molecule has 0 unspecified atom stereocenters. The highest BCUT2D eigenvalue weighted by Crippen LogP contribution is 2.44. The summed E-state index contributed by atoms with van der Waals surface area (Å²) in [5, 5.41) is 12.0. The van der Waals surface area contributed by atoms with Gasteiger partial charge in [-0.25, -0.2) is 13.2 Å². The van der Waals surface area contributed by atoms with E-state index in [0.717, 1.165) is 5.75 Å². The van der Waals surface area contributed by atoms with E-state index in [2.05, 4.69) is 15.5 Å². The van der Waals surface area contributed by atoms with E-state index in [1.807, 2.05) is 24.7 Å². The van der Waals surface area contributed by atoms with Gasteiger partial charge in [0.05, 0.1) is 22.3 Å². The predicted molar refractivity (Wildman–Crippen MR) is 117 cm³/mol. The summed E-state index contributed by atoms with van der Waals surface area (Å²) in [6, 6.07) is 5.56. The Hall–Kier alpha value is -2.94. The third-order valence-electron chi connectivity index (χ3n) is 5.52. The maximum Gasteiger partial charge on any atom is 0.162 e. The Bertz CT molecular complexity index is 1360. The molecule has 2 aromatic heterocycles. The molecule has 160 valence electrons. The van der Waals surface area contributed by atoms with Crippen LogP contribution in [0.5, 0.6) is 0 Å². The quantitative estimate of drug-likeness (QED) is 0.435. The molecule has 0 atom stereocenters. The smallest absolute Gasteiger partial charge is 0.162 e. The topological polar surface area (TPSA) is 47.7 Å². The minimum Gasteiger partial charge on any atom is -0.371 e. The zero-order chi connectivity index (χ0) is 22.1. The van der Waals surface area contributed by atoms with Crippen molar-refractivity contribution in [2.75, 3.05) is 11.1 Å². The summed E-state index contributed by atoms with van der Waals surface area (Å²) in [5.74, 6) is -0.340. The van der Waals surface area contributed by atoms with Crippen LogP contribution in [0.25, 0.3) is 27.7 Å². The van der Waals surface area contributed by atoms with Gasteiger partial charge >= 0.3 is 0 Å². The first kappa shape index (κ1) is 20.0. The number of anilines is 1. The second-order valence-electron chi connectivity index (χ2n) is 8.05. The van der Waals surface area contributed by atoms with Gasteiger partial charge in [0.25, 0.3) is 0 Å². The first-order valence-corrected chi connectivity index (χ1v) is 10.8. The minimum atomic E-state index is -0.787. The number of fused-ring (bicyclic) bond motifs is 4. The van der Waals surface area contributed by atoms with E-state index in [9.17, 15) is 4.39 Å². The van der Waals surface area contributed by atoms with Crippen LogP contribution in [0.3, 0.4) is 0 Å². The van der Waals surface area contributed by atoms with Gasteiger partial charge in [-0.15, -0.1) is 10.2 Å². The van der Waals surface area contributed by atoms with Gasteiger partial charge in [0.15, 0.2) is 11.6 Å².